The van der Waals surface area contributed by atoms with E-state index in [-0.39, 0.29) is 12.5 Å². The number of aliphatic hydroxyl groups is 1. The number of carbonyl (C=O) groups is 1. The number of nitrogens with two attached hydrogens (primary N) is 1. The summed E-state index contributed by atoms with van der Waals surface area (Å²) in [6.07, 6.45) is -1.58. The van der Waals surface area contributed by atoms with Gasteiger partial charge in [0.15, 0.2) is 0 Å². The third-order valence-corrected chi connectivity index (χ3v) is 3.96. The fraction of sp³-hybridized carbons (Fsp3) is 0.588. The molecule has 1 aromatic carbocycles. The number of hydrogen-bond donors (Lipinski definition) is 4. The van der Waals surface area contributed by atoms with Gasteiger partial charge in [0.05, 0.1) is 25.4 Å². The van der Waals surface area contributed by atoms with Crippen molar-refractivity contribution in [2.75, 3.05) is 13.2 Å². The molecule has 0 aliphatic heterocycles. The molecule has 0 fully saturated rings. The summed E-state index contributed by atoms with van der Waals surface area (Å²) >= 11 is 0. The molecule has 0 aliphatic rings. The molecule has 1 amide bonds. The van der Waals surface area contributed by atoms with Crippen molar-refractivity contribution in [1.82, 2.24) is 5.32 Å². The standard InChI is InChI=1S/C17H28N2O4/c1-12(2)14(8-15(16(20)9-18)19-17(21)22)11-23-10-13-6-4-3-5-7-13/h3-7,12,14-16,19-20H,8-11,18H2,1-2H3,(H,21,22)/t14-,15+,16?/m1/s1. The predicted molar refractivity (Wildman–Crippen MR) is 89.1 cm³/mol. The molecule has 0 radical (unpaired) electrons. The first-order chi connectivity index (χ1) is 10.9. The highest BCUT2D eigenvalue weighted by Gasteiger charge is 2.26. The maximum Gasteiger partial charge on any atom is 0.404 e. The molecule has 0 aromatic heterocycles. The smallest absolute Gasteiger partial charge is 0.404 e. The molecule has 1 rings (SSSR count). The Morgan fingerprint density at radius 3 is 2.48 bits per heavy atom. The number of nitrogens with one attached hydrogen (secondary N) is 1. The summed E-state index contributed by atoms with van der Waals surface area (Å²) in [4.78, 5) is 10.9. The lowest BCUT2D eigenvalue weighted by Crippen LogP contribution is -2.47. The van der Waals surface area contributed by atoms with Crippen LogP contribution in [0.25, 0.3) is 0 Å². The highest BCUT2D eigenvalue weighted by atomic mass is 16.5. The molecule has 3 atom stereocenters. The molecule has 5 N–H and O–H groups in total. The van der Waals surface area contributed by atoms with E-state index in [0.29, 0.717) is 25.6 Å². The van der Waals surface area contributed by atoms with E-state index in [2.05, 4.69) is 19.2 Å². The molecule has 6 heteroatoms. The summed E-state index contributed by atoms with van der Waals surface area (Å²) in [6.45, 7) is 5.15. The van der Waals surface area contributed by atoms with E-state index in [1.54, 1.807) is 0 Å². The Morgan fingerprint density at radius 1 is 1.30 bits per heavy atom. The van der Waals surface area contributed by atoms with Crippen LogP contribution in [0.2, 0.25) is 0 Å². The van der Waals surface area contributed by atoms with Crippen LogP contribution < -0.4 is 11.1 Å². The molecule has 130 valence electrons. The zero-order valence-corrected chi connectivity index (χ0v) is 13.8. The highest BCUT2D eigenvalue weighted by molar-refractivity contribution is 5.64. The summed E-state index contributed by atoms with van der Waals surface area (Å²) in [5.41, 5.74) is 6.56. The Morgan fingerprint density at radius 2 is 1.96 bits per heavy atom. The van der Waals surface area contributed by atoms with Crippen LogP contribution in [-0.4, -0.2) is 41.6 Å². The lowest BCUT2D eigenvalue weighted by molar-refractivity contribution is 0.0487. The molecule has 23 heavy (non-hydrogen) atoms. The van der Waals surface area contributed by atoms with Crippen molar-refractivity contribution in [3.63, 3.8) is 0 Å². The topological polar surface area (TPSA) is 105 Å². The maximum atomic E-state index is 10.9. The van der Waals surface area contributed by atoms with Crippen LogP contribution in [0.4, 0.5) is 4.79 Å². The Labute approximate surface area is 137 Å². The average Bonchev–Trinajstić information content (AvgIpc) is 2.52. The largest absolute Gasteiger partial charge is 0.465 e. The van der Waals surface area contributed by atoms with Crippen molar-refractivity contribution in [3.8, 4) is 0 Å². The van der Waals surface area contributed by atoms with Gasteiger partial charge in [-0.1, -0.05) is 44.2 Å². The molecular weight excluding hydrogens is 296 g/mol. The minimum atomic E-state index is -1.16. The Hall–Kier alpha value is -1.63. The zero-order valence-electron chi connectivity index (χ0n) is 13.8. The lowest BCUT2D eigenvalue weighted by atomic mass is 9.88. The first-order valence-electron chi connectivity index (χ1n) is 7.93. The van der Waals surface area contributed by atoms with Gasteiger partial charge in [-0.15, -0.1) is 0 Å². The quantitative estimate of drug-likeness (QED) is 0.525. The van der Waals surface area contributed by atoms with Gasteiger partial charge in [-0.3, -0.25) is 0 Å². The van der Waals surface area contributed by atoms with Crippen LogP contribution in [0.3, 0.4) is 0 Å². The van der Waals surface area contributed by atoms with E-state index in [0.717, 1.165) is 5.56 Å². The van der Waals surface area contributed by atoms with Crippen LogP contribution in [0.5, 0.6) is 0 Å². The van der Waals surface area contributed by atoms with Gasteiger partial charge >= 0.3 is 6.09 Å². The molecule has 6 nitrogen and oxygen atoms in total. The van der Waals surface area contributed by atoms with Crippen LogP contribution in [-0.2, 0) is 11.3 Å². The van der Waals surface area contributed by atoms with Crippen molar-refractivity contribution in [3.05, 3.63) is 35.9 Å². The fourth-order valence-corrected chi connectivity index (χ4v) is 2.40. The Bertz CT molecular complexity index is 453. The number of benzene rings is 1. The van der Waals surface area contributed by atoms with E-state index in [1.807, 2.05) is 30.3 Å². The molecule has 0 heterocycles. The summed E-state index contributed by atoms with van der Waals surface area (Å²) in [7, 11) is 0. The summed E-state index contributed by atoms with van der Waals surface area (Å²) in [5.74, 6) is 0.422. The van der Waals surface area contributed by atoms with Crippen molar-refractivity contribution >= 4 is 6.09 Å². The van der Waals surface area contributed by atoms with Crippen molar-refractivity contribution in [2.45, 2.75) is 39.0 Å². The van der Waals surface area contributed by atoms with Gasteiger partial charge in [0.2, 0.25) is 0 Å². The average molecular weight is 324 g/mol. The number of hydrogen-bond acceptors (Lipinski definition) is 4. The second-order valence-electron chi connectivity index (χ2n) is 6.10. The van der Waals surface area contributed by atoms with E-state index in [9.17, 15) is 9.90 Å². The van der Waals surface area contributed by atoms with Crippen molar-refractivity contribution < 1.29 is 19.7 Å². The number of carboxylic acid groups (broad SMARTS) is 1. The van der Waals surface area contributed by atoms with Gasteiger partial charge in [-0.25, -0.2) is 4.79 Å². The van der Waals surface area contributed by atoms with Gasteiger partial charge in [0, 0.05) is 6.54 Å². The normalized spacial score (nSPS) is 15.2. The molecule has 0 spiro atoms. The summed E-state index contributed by atoms with van der Waals surface area (Å²) in [5, 5.41) is 21.2. The number of amides is 1. The van der Waals surface area contributed by atoms with Crippen LogP contribution in [0, 0.1) is 11.8 Å². The fourth-order valence-electron chi connectivity index (χ4n) is 2.40. The summed E-state index contributed by atoms with van der Waals surface area (Å²) < 4.78 is 5.77. The number of ether oxygens (including phenoxy) is 1. The van der Waals surface area contributed by atoms with E-state index < -0.39 is 18.2 Å². The minimum Gasteiger partial charge on any atom is -0.465 e. The SMILES string of the molecule is CC(C)[C@@H](COCc1ccccc1)C[C@H](NC(=O)O)C(O)CN. The van der Waals surface area contributed by atoms with E-state index >= 15 is 0 Å². The maximum absolute atomic E-state index is 10.9. The molecule has 0 bridgehead atoms. The Kier molecular flexibility index (Phi) is 8.61. The van der Waals surface area contributed by atoms with Crippen LogP contribution >= 0.6 is 0 Å². The minimum absolute atomic E-state index is 0.0145. The predicted octanol–water partition coefficient (Wildman–Crippen LogP) is 1.82. The van der Waals surface area contributed by atoms with Crippen molar-refractivity contribution in [2.24, 2.45) is 17.6 Å². The monoisotopic (exact) mass is 324 g/mol. The molecule has 1 unspecified atom stereocenters. The van der Waals surface area contributed by atoms with Gasteiger partial charge in [-0.05, 0) is 23.8 Å². The Balaban J connectivity index is 2.56. The second-order valence-corrected chi connectivity index (χ2v) is 6.10. The summed E-state index contributed by atoms with van der Waals surface area (Å²) in [6, 6.07) is 9.28. The first kappa shape index (κ1) is 19.4. The second kappa shape index (κ2) is 10.2. The van der Waals surface area contributed by atoms with Crippen molar-refractivity contribution in [1.29, 1.82) is 0 Å². The first-order valence-corrected chi connectivity index (χ1v) is 7.93. The third kappa shape index (κ3) is 7.45. The molecule has 1 aromatic rings. The van der Waals surface area contributed by atoms with Gasteiger partial charge < -0.3 is 26.0 Å². The molecule has 0 saturated heterocycles. The molecule has 0 saturated carbocycles. The number of aliphatic hydroxyl groups excluding tert-OH is 1. The highest BCUT2D eigenvalue weighted by Crippen LogP contribution is 2.20. The van der Waals surface area contributed by atoms with Crippen LogP contribution in [0.15, 0.2) is 30.3 Å². The van der Waals surface area contributed by atoms with Gasteiger partial charge in [-0.2, -0.15) is 0 Å². The van der Waals surface area contributed by atoms with Crippen LogP contribution in [0.1, 0.15) is 25.8 Å². The molecule has 0 aliphatic carbocycles. The number of rotatable bonds is 10. The molecular formula is C17H28N2O4. The van der Waals surface area contributed by atoms with Gasteiger partial charge in [0.25, 0.3) is 0 Å². The zero-order chi connectivity index (χ0) is 17.2. The lowest BCUT2D eigenvalue weighted by Gasteiger charge is -2.28. The van der Waals surface area contributed by atoms with E-state index in [1.165, 1.54) is 0 Å². The van der Waals surface area contributed by atoms with E-state index in [4.69, 9.17) is 15.6 Å². The van der Waals surface area contributed by atoms with Gasteiger partial charge in [0.1, 0.15) is 0 Å². The third-order valence-electron chi connectivity index (χ3n) is 3.96.